The first-order valence-corrected chi connectivity index (χ1v) is 14.1. The van der Waals surface area contributed by atoms with Gasteiger partial charge in [0.2, 0.25) is 11.8 Å². The van der Waals surface area contributed by atoms with Crippen LogP contribution in [-0.4, -0.2) is 58.1 Å². The van der Waals surface area contributed by atoms with Gasteiger partial charge >= 0.3 is 0 Å². The number of nitrogens with two attached hydrogens (primary N) is 1. The molecule has 1 heterocycles. The predicted molar refractivity (Wildman–Crippen MR) is 152 cm³/mol. The number of carbonyl (C=O) groups excluding carboxylic acids is 3. The Bertz CT molecular complexity index is 1430. The number of aromatic nitrogens is 2. The molecule has 0 unspecified atom stereocenters. The third-order valence-electron chi connectivity index (χ3n) is 7.91. The van der Waals surface area contributed by atoms with Crippen LogP contribution in [0.3, 0.4) is 0 Å². The van der Waals surface area contributed by atoms with Crippen molar-refractivity contribution in [2.45, 2.75) is 70.1 Å². The molecule has 0 atom stereocenters. The molecule has 0 spiro atoms. The summed E-state index contributed by atoms with van der Waals surface area (Å²) in [5, 5.41) is 7.65. The molecule has 212 valence electrons. The van der Waals surface area contributed by atoms with Gasteiger partial charge in [-0.15, -0.1) is 0 Å². The molecular formula is C29H34ClFN6O3. The molecule has 3 N–H and O–H groups in total. The minimum atomic E-state index is -0.666. The maximum Gasteiger partial charge on any atom is 0.269 e. The second kappa shape index (κ2) is 11.8. The quantitative estimate of drug-likeness (QED) is 0.384. The number of anilines is 1. The highest BCUT2D eigenvalue weighted by Gasteiger charge is 2.34. The second-order valence-corrected chi connectivity index (χ2v) is 11.1. The van der Waals surface area contributed by atoms with Gasteiger partial charge in [-0.3, -0.25) is 19.1 Å². The number of hydrogen-bond acceptors (Lipinski definition) is 5. The van der Waals surface area contributed by atoms with Crippen LogP contribution in [0.25, 0.3) is 10.9 Å². The molecular weight excluding hydrogens is 535 g/mol. The van der Waals surface area contributed by atoms with Gasteiger partial charge in [-0.05, 0) is 49.9 Å². The largest absolute Gasteiger partial charge is 0.372 e. The monoisotopic (exact) mass is 568 g/mol. The number of fused-ring (bicyclic) bond motifs is 1. The molecule has 2 aliphatic rings. The Morgan fingerprint density at radius 1 is 1.10 bits per heavy atom. The van der Waals surface area contributed by atoms with Crippen LogP contribution in [0.5, 0.6) is 0 Å². The van der Waals surface area contributed by atoms with Crippen LogP contribution >= 0.6 is 11.6 Å². The molecule has 2 aliphatic carbocycles. The van der Waals surface area contributed by atoms with E-state index in [9.17, 15) is 18.8 Å². The summed E-state index contributed by atoms with van der Waals surface area (Å²) in [6.07, 6.45) is 7.52. The van der Waals surface area contributed by atoms with Crippen LogP contribution in [0.15, 0.2) is 36.4 Å². The molecule has 3 aromatic rings. The van der Waals surface area contributed by atoms with Crippen LogP contribution in [0.1, 0.15) is 61.0 Å². The maximum atomic E-state index is 14.2. The van der Waals surface area contributed by atoms with Crippen molar-refractivity contribution in [1.82, 2.24) is 20.0 Å². The van der Waals surface area contributed by atoms with Crippen molar-refractivity contribution >= 4 is 45.9 Å². The Morgan fingerprint density at radius 2 is 1.85 bits per heavy atom. The number of nitrogens with zero attached hydrogens (tertiary/aromatic N) is 4. The number of halogens is 2. The number of rotatable bonds is 10. The fraction of sp³-hybridized carbons (Fsp3) is 0.448. The minimum absolute atomic E-state index is 0.0175. The molecule has 11 heteroatoms. The third kappa shape index (κ3) is 6.06. The highest BCUT2D eigenvalue weighted by Crippen LogP contribution is 2.31. The molecule has 2 aromatic carbocycles. The van der Waals surface area contributed by atoms with Crippen molar-refractivity contribution in [3.05, 3.63) is 58.5 Å². The predicted octanol–water partition coefficient (Wildman–Crippen LogP) is 4.00. The van der Waals surface area contributed by atoms with Crippen molar-refractivity contribution in [2.75, 3.05) is 18.5 Å². The zero-order valence-corrected chi connectivity index (χ0v) is 23.3. The topological polar surface area (TPSA) is 114 Å². The SMILES string of the molecule is CN(c1ccc2c(c1)c(C(N)=O)nn2CC(=O)N(CC(=O)NCc1cccc(Cl)c1F)C1CC1)C1CCCCC1. The number of nitrogens with one attached hydrogen (secondary N) is 1. The molecule has 0 bridgehead atoms. The van der Waals surface area contributed by atoms with E-state index in [2.05, 4.69) is 22.4 Å². The number of benzene rings is 2. The first-order chi connectivity index (χ1) is 19.2. The lowest BCUT2D eigenvalue weighted by molar-refractivity contribution is -0.137. The summed E-state index contributed by atoms with van der Waals surface area (Å²) in [5.41, 5.74) is 7.64. The summed E-state index contributed by atoms with van der Waals surface area (Å²) in [6.45, 7) is -0.348. The van der Waals surface area contributed by atoms with Crippen LogP contribution in [0.2, 0.25) is 5.02 Å². The van der Waals surface area contributed by atoms with Gasteiger partial charge in [0.25, 0.3) is 5.91 Å². The van der Waals surface area contributed by atoms with Gasteiger partial charge in [0, 0.05) is 42.3 Å². The minimum Gasteiger partial charge on any atom is -0.372 e. The Hall–Kier alpha value is -3.66. The zero-order valence-electron chi connectivity index (χ0n) is 22.5. The molecule has 9 nitrogen and oxygen atoms in total. The lowest BCUT2D eigenvalue weighted by atomic mass is 9.94. The van der Waals surface area contributed by atoms with Crippen molar-refractivity contribution in [2.24, 2.45) is 5.73 Å². The Balaban J connectivity index is 1.30. The molecule has 1 aromatic heterocycles. The van der Waals surface area contributed by atoms with Crippen molar-refractivity contribution in [3.8, 4) is 0 Å². The summed E-state index contributed by atoms with van der Waals surface area (Å²) in [6, 6.07) is 10.7. The normalized spacial score (nSPS) is 15.7. The zero-order chi connectivity index (χ0) is 28.4. The van der Waals surface area contributed by atoms with E-state index in [1.165, 1.54) is 34.9 Å². The molecule has 40 heavy (non-hydrogen) atoms. The van der Waals surface area contributed by atoms with Crippen LogP contribution in [-0.2, 0) is 22.7 Å². The van der Waals surface area contributed by atoms with E-state index in [0.717, 1.165) is 31.4 Å². The molecule has 3 amide bonds. The molecule has 2 saturated carbocycles. The average molecular weight is 569 g/mol. The Kier molecular flexibility index (Phi) is 8.25. The van der Waals surface area contributed by atoms with E-state index in [1.807, 2.05) is 18.2 Å². The number of hydrogen-bond donors (Lipinski definition) is 2. The highest BCUT2D eigenvalue weighted by molar-refractivity contribution is 6.30. The standard InChI is InChI=1S/C29H34ClFN6O3/c1-35(19-7-3-2-4-8-19)21-12-13-24-22(14-21)28(29(32)40)34-37(24)17-26(39)36(20-10-11-20)16-25(38)33-15-18-6-5-9-23(30)27(18)31/h5-6,9,12-14,19-20H,2-4,7-8,10-11,15-17H2,1H3,(H2,32,40)(H,33,38). The van der Waals surface area contributed by atoms with Crippen molar-refractivity contribution in [1.29, 1.82) is 0 Å². The van der Waals surface area contributed by atoms with E-state index in [0.29, 0.717) is 16.9 Å². The van der Waals surface area contributed by atoms with Crippen LogP contribution < -0.4 is 16.0 Å². The lowest BCUT2D eigenvalue weighted by Crippen LogP contribution is -2.43. The van der Waals surface area contributed by atoms with Gasteiger partial charge in [-0.25, -0.2) is 4.39 Å². The summed E-state index contributed by atoms with van der Waals surface area (Å²) in [5.74, 6) is -1.95. The Labute approximate surface area is 237 Å². The smallest absolute Gasteiger partial charge is 0.269 e. The fourth-order valence-electron chi connectivity index (χ4n) is 5.48. The number of amides is 3. The first kappa shape index (κ1) is 27.9. The summed E-state index contributed by atoms with van der Waals surface area (Å²) < 4.78 is 15.7. The lowest BCUT2D eigenvalue weighted by Gasteiger charge is -2.33. The highest BCUT2D eigenvalue weighted by atomic mass is 35.5. The van der Waals surface area contributed by atoms with Crippen LogP contribution in [0, 0.1) is 5.82 Å². The first-order valence-electron chi connectivity index (χ1n) is 13.7. The molecule has 0 saturated heterocycles. The van der Waals surface area contributed by atoms with E-state index >= 15 is 0 Å². The van der Waals surface area contributed by atoms with E-state index in [4.69, 9.17) is 17.3 Å². The summed E-state index contributed by atoms with van der Waals surface area (Å²) in [7, 11) is 2.06. The van der Waals surface area contributed by atoms with Crippen molar-refractivity contribution < 1.29 is 18.8 Å². The third-order valence-corrected chi connectivity index (χ3v) is 8.20. The number of carbonyl (C=O) groups is 3. The van der Waals surface area contributed by atoms with Gasteiger partial charge in [0.1, 0.15) is 12.4 Å². The summed E-state index contributed by atoms with van der Waals surface area (Å²) in [4.78, 5) is 42.1. The van der Waals surface area contributed by atoms with Gasteiger partial charge in [-0.2, -0.15) is 5.10 Å². The number of primary amides is 1. The van der Waals surface area contributed by atoms with Gasteiger partial charge in [0.05, 0.1) is 17.1 Å². The Morgan fingerprint density at radius 3 is 2.55 bits per heavy atom. The van der Waals surface area contributed by atoms with Gasteiger partial charge < -0.3 is 20.9 Å². The average Bonchev–Trinajstić information content (AvgIpc) is 3.73. The molecule has 5 rings (SSSR count). The van der Waals surface area contributed by atoms with Gasteiger partial charge in [0.15, 0.2) is 5.69 Å². The maximum absolute atomic E-state index is 14.2. The van der Waals surface area contributed by atoms with Crippen LogP contribution in [0.4, 0.5) is 10.1 Å². The summed E-state index contributed by atoms with van der Waals surface area (Å²) >= 11 is 5.82. The molecule has 0 radical (unpaired) electrons. The van der Waals surface area contributed by atoms with E-state index < -0.39 is 17.6 Å². The van der Waals surface area contributed by atoms with E-state index in [-0.39, 0.29) is 47.9 Å². The van der Waals surface area contributed by atoms with Gasteiger partial charge in [-0.1, -0.05) is 43.0 Å². The van der Waals surface area contributed by atoms with Crippen molar-refractivity contribution in [3.63, 3.8) is 0 Å². The van der Waals surface area contributed by atoms with E-state index in [1.54, 1.807) is 12.1 Å². The fourth-order valence-corrected chi connectivity index (χ4v) is 5.68. The second-order valence-electron chi connectivity index (χ2n) is 10.7. The molecule has 2 fully saturated rings. The molecule has 0 aliphatic heterocycles.